The molecule has 0 aliphatic carbocycles. The number of nitrogens with zero attached hydrogens (tertiary/aromatic N) is 2. The molecule has 0 radical (unpaired) electrons. The molecule has 1 aromatic heterocycles. The van der Waals surface area contributed by atoms with Gasteiger partial charge in [-0.1, -0.05) is 46.2 Å². The van der Waals surface area contributed by atoms with Crippen molar-refractivity contribution in [1.29, 1.82) is 0 Å². The van der Waals surface area contributed by atoms with Crippen molar-refractivity contribution in [2.24, 2.45) is 0 Å². The summed E-state index contributed by atoms with van der Waals surface area (Å²) in [6.07, 6.45) is 3.50. The van der Waals surface area contributed by atoms with Gasteiger partial charge in [0.25, 0.3) is 5.91 Å². The molecular weight excluding hydrogens is 430 g/mol. The zero-order valence-electron chi connectivity index (χ0n) is 20.2. The number of ether oxygens (including phenoxy) is 1. The molecule has 1 unspecified atom stereocenters. The maximum absolute atomic E-state index is 12.2. The molecule has 2 N–H and O–H groups in total. The maximum atomic E-state index is 12.2. The number of carboxylic acid groups (broad SMARTS) is 1. The zero-order valence-corrected chi connectivity index (χ0v) is 20.2. The lowest BCUT2D eigenvalue weighted by atomic mass is 9.93. The van der Waals surface area contributed by atoms with Crippen LogP contribution in [-0.4, -0.2) is 33.3 Å². The molecule has 0 saturated carbocycles. The second-order valence-corrected chi connectivity index (χ2v) is 9.31. The minimum absolute atomic E-state index is 0.00360. The molecule has 7 nitrogen and oxygen atoms in total. The van der Waals surface area contributed by atoms with E-state index in [1.165, 1.54) is 0 Å². The molecule has 7 heteroatoms. The molecule has 0 saturated heterocycles. The van der Waals surface area contributed by atoms with Crippen molar-refractivity contribution < 1.29 is 19.4 Å². The van der Waals surface area contributed by atoms with Gasteiger partial charge in [0.05, 0.1) is 17.8 Å². The van der Waals surface area contributed by atoms with Gasteiger partial charge in [-0.05, 0) is 54.4 Å². The Morgan fingerprint density at radius 1 is 1.06 bits per heavy atom. The number of amides is 1. The van der Waals surface area contributed by atoms with E-state index >= 15 is 0 Å². The number of aliphatic carboxylic acids is 1. The largest absolute Gasteiger partial charge is 0.486 e. The highest BCUT2D eigenvalue weighted by molar-refractivity contribution is 5.94. The average molecular weight is 464 g/mol. The summed E-state index contributed by atoms with van der Waals surface area (Å²) >= 11 is 0. The number of benzene rings is 2. The normalized spacial score (nSPS) is 12.2. The predicted molar refractivity (Wildman–Crippen MR) is 132 cm³/mol. The van der Waals surface area contributed by atoms with Crippen LogP contribution >= 0.6 is 0 Å². The van der Waals surface area contributed by atoms with E-state index in [2.05, 4.69) is 38.1 Å². The van der Waals surface area contributed by atoms with Crippen LogP contribution in [0, 0.1) is 0 Å². The van der Waals surface area contributed by atoms with Gasteiger partial charge in [0, 0.05) is 23.7 Å². The number of rotatable bonds is 10. The summed E-state index contributed by atoms with van der Waals surface area (Å²) in [5, 5.41) is 16.0. The van der Waals surface area contributed by atoms with Crippen molar-refractivity contribution in [1.82, 2.24) is 15.1 Å². The number of aromatic nitrogens is 2. The molecule has 1 heterocycles. The topological polar surface area (TPSA) is 93.5 Å². The quantitative estimate of drug-likeness (QED) is 0.426. The van der Waals surface area contributed by atoms with E-state index in [-0.39, 0.29) is 30.4 Å². The Kier molecular flexibility index (Phi) is 8.10. The van der Waals surface area contributed by atoms with Crippen LogP contribution in [0.25, 0.3) is 5.69 Å². The van der Waals surface area contributed by atoms with Crippen LogP contribution in [0.2, 0.25) is 0 Å². The van der Waals surface area contributed by atoms with E-state index in [9.17, 15) is 9.59 Å². The van der Waals surface area contributed by atoms with Crippen LogP contribution in [0.4, 0.5) is 0 Å². The third-order valence-electron chi connectivity index (χ3n) is 5.46. The molecule has 0 aliphatic rings. The number of hydrogen-bond acceptors (Lipinski definition) is 4. The lowest BCUT2D eigenvalue weighted by Crippen LogP contribution is -2.26. The molecular formula is C27H33N3O4. The third-order valence-corrected chi connectivity index (χ3v) is 5.46. The number of hydrogen-bond donors (Lipinski definition) is 2. The van der Waals surface area contributed by atoms with Crippen molar-refractivity contribution in [2.45, 2.75) is 58.5 Å². The monoisotopic (exact) mass is 463 g/mol. The van der Waals surface area contributed by atoms with Crippen molar-refractivity contribution in [3.8, 4) is 11.4 Å². The molecule has 0 aliphatic heterocycles. The van der Waals surface area contributed by atoms with Gasteiger partial charge in [-0.2, -0.15) is 5.10 Å². The van der Waals surface area contributed by atoms with Crippen molar-refractivity contribution in [3.05, 3.63) is 77.6 Å². The average Bonchev–Trinajstić information content (AvgIpc) is 3.30. The van der Waals surface area contributed by atoms with Gasteiger partial charge in [0.1, 0.15) is 11.9 Å². The number of carbonyl (C=O) groups is 2. The number of nitrogens with one attached hydrogen (secondary N) is 1. The Hall–Kier alpha value is -3.61. The molecule has 180 valence electrons. The SMILES string of the molecule is CCCC(Oc1ccc(-n2ccc(C(C)(C)C)n2)cc1)c1ccc(C(=O)NCCC(=O)O)cc1. The smallest absolute Gasteiger partial charge is 0.305 e. The second kappa shape index (κ2) is 11.0. The fourth-order valence-electron chi connectivity index (χ4n) is 3.50. The minimum Gasteiger partial charge on any atom is -0.486 e. The van der Waals surface area contributed by atoms with Crippen LogP contribution < -0.4 is 10.1 Å². The third kappa shape index (κ3) is 6.70. The van der Waals surface area contributed by atoms with Crippen molar-refractivity contribution >= 4 is 11.9 Å². The summed E-state index contributed by atoms with van der Waals surface area (Å²) in [5.41, 5.74) is 3.47. The first kappa shape index (κ1) is 25.0. The molecule has 3 aromatic rings. The summed E-state index contributed by atoms with van der Waals surface area (Å²) < 4.78 is 8.16. The standard InChI is InChI=1S/C27H33N3O4/c1-5-6-23(19-7-9-20(10-8-19)26(33)28-17-15-25(31)32)34-22-13-11-21(12-14-22)30-18-16-24(29-30)27(2,3)4/h7-14,16,18,23H,5-6,15,17H2,1-4H3,(H,28,33)(H,31,32). The molecule has 1 amide bonds. The van der Waals surface area contributed by atoms with E-state index in [1.54, 1.807) is 12.1 Å². The van der Waals surface area contributed by atoms with Crippen LogP contribution in [0.1, 0.15) is 74.7 Å². The highest BCUT2D eigenvalue weighted by atomic mass is 16.5. The van der Waals surface area contributed by atoms with Crippen LogP contribution in [-0.2, 0) is 10.2 Å². The highest BCUT2D eigenvalue weighted by Crippen LogP contribution is 2.27. The summed E-state index contributed by atoms with van der Waals surface area (Å²) in [6.45, 7) is 8.63. The van der Waals surface area contributed by atoms with Gasteiger partial charge in [-0.3, -0.25) is 9.59 Å². The van der Waals surface area contributed by atoms with Gasteiger partial charge in [0.15, 0.2) is 0 Å². The van der Waals surface area contributed by atoms with Crippen molar-refractivity contribution in [3.63, 3.8) is 0 Å². The van der Waals surface area contributed by atoms with Crippen molar-refractivity contribution in [2.75, 3.05) is 6.54 Å². The molecule has 0 spiro atoms. The first-order valence-corrected chi connectivity index (χ1v) is 11.6. The van der Waals surface area contributed by atoms with E-state index < -0.39 is 5.97 Å². The Bertz CT molecular complexity index is 1100. The molecule has 3 rings (SSSR count). The van der Waals surface area contributed by atoms with E-state index in [0.717, 1.165) is 35.5 Å². The Morgan fingerprint density at radius 3 is 2.29 bits per heavy atom. The fraction of sp³-hybridized carbons (Fsp3) is 0.370. The fourth-order valence-corrected chi connectivity index (χ4v) is 3.50. The zero-order chi connectivity index (χ0) is 24.7. The molecule has 1 atom stereocenters. The van der Waals surface area contributed by atoms with Gasteiger partial charge in [-0.25, -0.2) is 4.68 Å². The van der Waals surface area contributed by atoms with Gasteiger partial charge in [-0.15, -0.1) is 0 Å². The first-order chi connectivity index (χ1) is 16.2. The number of carboxylic acids is 1. The van der Waals surface area contributed by atoms with Crippen LogP contribution in [0.3, 0.4) is 0 Å². The molecule has 0 bridgehead atoms. The maximum Gasteiger partial charge on any atom is 0.305 e. The summed E-state index contributed by atoms with van der Waals surface area (Å²) in [5.74, 6) is -0.465. The summed E-state index contributed by atoms with van der Waals surface area (Å²) in [7, 11) is 0. The van der Waals surface area contributed by atoms with E-state index in [0.29, 0.717) is 5.56 Å². The first-order valence-electron chi connectivity index (χ1n) is 11.6. The lowest BCUT2D eigenvalue weighted by Gasteiger charge is -2.20. The van der Waals surface area contributed by atoms with Gasteiger partial charge in [0.2, 0.25) is 0 Å². The Balaban J connectivity index is 1.67. The predicted octanol–water partition coefficient (Wildman–Crippen LogP) is 5.29. The van der Waals surface area contributed by atoms with Crippen LogP contribution in [0.15, 0.2) is 60.8 Å². The number of carbonyl (C=O) groups excluding carboxylic acids is 1. The summed E-state index contributed by atoms with van der Waals surface area (Å²) in [4.78, 5) is 22.8. The molecule has 2 aromatic carbocycles. The summed E-state index contributed by atoms with van der Waals surface area (Å²) in [6, 6.07) is 17.2. The van der Waals surface area contributed by atoms with Gasteiger partial charge < -0.3 is 15.2 Å². The Labute approximate surface area is 200 Å². The second-order valence-electron chi connectivity index (χ2n) is 9.31. The highest BCUT2D eigenvalue weighted by Gasteiger charge is 2.17. The van der Waals surface area contributed by atoms with Gasteiger partial charge >= 0.3 is 5.97 Å². The molecule has 0 fully saturated rings. The Morgan fingerprint density at radius 2 is 1.74 bits per heavy atom. The van der Waals surface area contributed by atoms with Crippen LogP contribution in [0.5, 0.6) is 5.75 Å². The molecule has 34 heavy (non-hydrogen) atoms. The van der Waals surface area contributed by atoms with E-state index in [4.69, 9.17) is 9.84 Å². The van der Waals surface area contributed by atoms with E-state index in [1.807, 2.05) is 53.3 Å². The lowest BCUT2D eigenvalue weighted by molar-refractivity contribution is -0.136. The minimum atomic E-state index is -0.942.